The number of thiophene rings is 1. The summed E-state index contributed by atoms with van der Waals surface area (Å²) in [5.74, 6) is 1.68. The number of rotatable bonds is 4. The third-order valence-corrected chi connectivity index (χ3v) is 4.72. The van der Waals surface area contributed by atoms with Crippen molar-refractivity contribution in [2.45, 2.75) is 20.3 Å². The Hall–Kier alpha value is -2.14. The van der Waals surface area contributed by atoms with Gasteiger partial charge in [-0.2, -0.15) is 0 Å². The van der Waals surface area contributed by atoms with Crippen LogP contribution in [0.15, 0.2) is 30.3 Å². The first kappa shape index (κ1) is 14.8. The molecule has 22 heavy (non-hydrogen) atoms. The highest BCUT2D eigenvalue weighted by atomic mass is 32.1. The molecule has 0 aliphatic carbocycles. The van der Waals surface area contributed by atoms with E-state index in [-0.39, 0.29) is 0 Å². The van der Waals surface area contributed by atoms with Crippen molar-refractivity contribution in [2.24, 2.45) is 0 Å². The summed E-state index contributed by atoms with van der Waals surface area (Å²) in [6.45, 7) is 4.10. The molecule has 114 valence electrons. The number of aromatic nitrogens is 2. The fourth-order valence-electron chi connectivity index (χ4n) is 2.33. The second-order valence-electron chi connectivity index (χ2n) is 5.47. The van der Waals surface area contributed by atoms with Crippen LogP contribution in [0.1, 0.15) is 17.6 Å². The van der Waals surface area contributed by atoms with Crippen LogP contribution >= 0.6 is 11.3 Å². The quantitative estimate of drug-likeness (QED) is 0.776. The monoisotopic (exact) mass is 312 g/mol. The number of anilines is 3. The van der Waals surface area contributed by atoms with Crippen LogP contribution < -0.4 is 10.2 Å². The molecule has 0 spiro atoms. The largest absolute Gasteiger partial charge is 0.378 e. The molecule has 0 aliphatic rings. The van der Waals surface area contributed by atoms with E-state index >= 15 is 0 Å². The lowest BCUT2D eigenvalue weighted by atomic mass is 10.2. The average Bonchev–Trinajstić information content (AvgIpc) is 2.91. The number of aryl methyl sites for hydroxylation is 2. The van der Waals surface area contributed by atoms with Gasteiger partial charge in [0.1, 0.15) is 16.5 Å². The molecule has 0 fully saturated rings. The zero-order chi connectivity index (χ0) is 15.7. The average molecular weight is 312 g/mol. The van der Waals surface area contributed by atoms with Crippen molar-refractivity contribution in [1.82, 2.24) is 9.97 Å². The molecule has 0 saturated heterocycles. The number of benzene rings is 1. The van der Waals surface area contributed by atoms with Crippen LogP contribution in [0.5, 0.6) is 0 Å². The smallest absolute Gasteiger partial charge is 0.142 e. The van der Waals surface area contributed by atoms with E-state index in [0.717, 1.165) is 34.0 Å². The van der Waals surface area contributed by atoms with Crippen molar-refractivity contribution < 1.29 is 0 Å². The SMILES string of the molecule is CCc1cc2c(Nc3ccc(N(C)C)cc3)nc(C)nc2s1. The van der Waals surface area contributed by atoms with E-state index in [1.807, 2.05) is 21.0 Å². The second kappa shape index (κ2) is 5.93. The normalized spacial score (nSPS) is 10.9. The summed E-state index contributed by atoms with van der Waals surface area (Å²) in [5.41, 5.74) is 2.22. The standard InChI is InChI=1S/C17H20N4S/c1-5-14-10-15-16(18-11(2)19-17(15)22-14)20-12-6-8-13(9-7-12)21(3)4/h6-10H,5H2,1-4H3,(H,18,19,20). The van der Waals surface area contributed by atoms with Gasteiger partial charge in [-0.15, -0.1) is 11.3 Å². The van der Waals surface area contributed by atoms with Crippen LogP contribution in [0.3, 0.4) is 0 Å². The predicted octanol–water partition coefficient (Wildman–Crippen LogP) is 4.37. The lowest BCUT2D eigenvalue weighted by Crippen LogP contribution is -2.08. The third-order valence-electron chi connectivity index (χ3n) is 3.55. The van der Waals surface area contributed by atoms with Crippen LogP contribution in [0.25, 0.3) is 10.2 Å². The van der Waals surface area contributed by atoms with Gasteiger partial charge in [0, 0.05) is 30.3 Å². The highest BCUT2D eigenvalue weighted by molar-refractivity contribution is 7.18. The summed E-state index contributed by atoms with van der Waals surface area (Å²) in [5, 5.41) is 4.53. The molecule has 1 N–H and O–H groups in total. The molecule has 0 aliphatic heterocycles. The highest BCUT2D eigenvalue weighted by Crippen LogP contribution is 2.31. The lowest BCUT2D eigenvalue weighted by Gasteiger charge is -2.13. The van der Waals surface area contributed by atoms with E-state index < -0.39 is 0 Å². The molecule has 0 atom stereocenters. The fourth-order valence-corrected chi connectivity index (χ4v) is 3.34. The van der Waals surface area contributed by atoms with Gasteiger partial charge in [-0.25, -0.2) is 9.97 Å². The van der Waals surface area contributed by atoms with E-state index in [1.54, 1.807) is 11.3 Å². The summed E-state index contributed by atoms with van der Waals surface area (Å²) in [4.78, 5) is 13.6. The number of fused-ring (bicyclic) bond motifs is 1. The molecule has 4 nitrogen and oxygen atoms in total. The third kappa shape index (κ3) is 2.90. The van der Waals surface area contributed by atoms with Crippen molar-refractivity contribution in [1.29, 1.82) is 0 Å². The Morgan fingerprint density at radius 1 is 1.14 bits per heavy atom. The molecule has 0 radical (unpaired) electrons. The molecule has 0 saturated carbocycles. The summed E-state index contributed by atoms with van der Waals surface area (Å²) < 4.78 is 0. The predicted molar refractivity (Wildman–Crippen MR) is 95.6 cm³/mol. The maximum absolute atomic E-state index is 4.58. The van der Waals surface area contributed by atoms with E-state index in [4.69, 9.17) is 0 Å². The van der Waals surface area contributed by atoms with Crippen molar-refractivity contribution >= 4 is 38.7 Å². The molecule has 3 rings (SSSR count). The number of hydrogen-bond acceptors (Lipinski definition) is 5. The van der Waals surface area contributed by atoms with E-state index in [1.165, 1.54) is 10.6 Å². The Morgan fingerprint density at radius 3 is 2.50 bits per heavy atom. The van der Waals surface area contributed by atoms with Gasteiger partial charge in [0.25, 0.3) is 0 Å². The van der Waals surface area contributed by atoms with Crippen LogP contribution in [0.4, 0.5) is 17.2 Å². The molecule has 0 bridgehead atoms. The summed E-state index contributed by atoms with van der Waals surface area (Å²) in [6, 6.07) is 10.5. The van der Waals surface area contributed by atoms with Gasteiger partial charge < -0.3 is 10.2 Å². The number of hydrogen-bond donors (Lipinski definition) is 1. The topological polar surface area (TPSA) is 41.0 Å². The molecular formula is C17H20N4S. The second-order valence-corrected chi connectivity index (χ2v) is 6.59. The minimum Gasteiger partial charge on any atom is -0.378 e. The van der Waals surface area contributed by atoms with Crippen molar-refractivity contribution in [3.63, 3.8) is 0 Å². The van der Waals surface area contributed by atoms with E-state index in [9.17, 15) is 0 Å². The molecule has 1 aromatic carbocycles. The first-order valence-electron chi connectivity index (χ1n) is 7.38. The van der Waals surface area contributed by atoms with Crippen LogP contribution in [-0.2, 0) is 6.42 Å². The van der Waals surface area contributed by atoms with Gasteiger partial charge in [0.15, 0.2) is 0 Å². The maximum atomic E-state index is 4.58. The lowest BCUT2D eigenvalue weighted by molar-refractivity contribution is 1.10. The van der Waals surface area contributed by atoms with Gasteiger partial charge in [0.2, 0.25) is 0 Å². The van der Waals surface area contributed by atoms with Gasteiger partial charge in [0.05, 0.1) is 5.39 Å². The van der Waals surface area contributed by atoms with Gasteiger partial charge >= 0.3 is 0 Å². The fraction of sp³-hybridized carbons (Fsp3) is 0.294. The molecular weight excluding hydrogens is 292 g/mol. The number of nitrogens with one attached hydrogen (secondary N) is 1. The molecule has 2 heterocycles. The molecule has 5 heteroatoms. The first-order chi connectivity index (χ1) is 10.6. The molecule has 2 aromatic heterocycles. The first-order valence-corrected chi connectivity index (χ1v) is 8.20. The Balaban J connectivity index is 1.97. The van der Waals surface area contributed by atoms with Crippen LogP contribution in [0, 0.1) is 6.92 Å². The van der Waals surface area contributed by atoms with Crippen molar-refractivity contribution in [2.75, 3.05) is 24.3 Å². The molecule has 0 amide bonds. The summed E-state index contributed by atoms with van der Waals surface area (Å²) >= 11 is 1.74. The molecule has 0 unspecified atom stereocenters. The van der Waals surface area contributed by atoms with Gasteiger partial charge in [-0.3, -0.25) is 0 Å². The van der Waals surface area contributed by atoms with E-state index in [0.29, 0.717) is 0 Å². The van der Waals surface area contributed by atoms with Crippen molar-refractivity contribution in [3.05, 3.63) is 41.0 Å². The van der Waals surface area contributed by atoms with Gasteiger partial charge in [-0.05, 0) is 43.7 Å². The van der Waals surface area contributed by atoms with E-state index in [2.05, 4.69) is 57.4 Å². The number of nitrogens with zero attached hydrogens (tertiary/aromatic N) is 3. The zero-order valence-corrected chi connectivity index (χ0v) is 14.2. The Morgan fingerprint density at radius 2 is 1.86 bits per heavy atom. The Kier molecular flexibility index (Phi) is 3.98. The van der Waals surface area contributed by atoms with Crippen molar-refractivity contribution in [3.8, 4) is 0 Å². The highest BCUT2D eigenvalue weighted by Gasteiger charge is 2.10. The maximum Gasteiger partial charge on any atom is 0.142 e. The minimum absolute atomic E-state index is 0.796. The zero-order valence-electron chi connectivity index (χ0n) is 13.3. The Labute approximate surface area is 134 Å². The summed E-state index contributed by atoms with van der Waals surface area (Å²) in [7, 11) is 4.08. The minimum atomic E-state index is 0.796. The van der Waals surface area contributed by atoms with Gasteiger partial charge in [-0.1, -0.05) is 6.92 Å². The van der Waals surface area contributed by atoms with Crippen LogP contribution in [0.2, 0.25) is 0 Å². The Bertz CT molecular complexity index is 790. The molecule has 3 aromatic rings. The summed E-state index contributed by atoms with van der Waals surface area (Å²) in [6.07, 6.45) is 1.02. The van der Waals surface area contributed by atoms with Crippen LogP contribution in [-0.4, -0.2) is 24.1 Å².